The van der Waals surface area contributed by atoms with Crippen molar-refractivity contribution in [2.24, 2.45) is 23.7 Å². The van der Waals surface area contributed by atoms with Crippen molar-refractivity contribution in [2.45, 2.75) is 70.5 Å². The summed E-state index contributed by atoms with van der Waals surface area (Å²) in [5, 5.41) is 21.0. The van der Waals surface area contributed by atoms with Crippen LogP contribution in [0.15, 0.2) is 24.3 Å². The summed E-state index contributed by atoms with van der Waals surface area (Å²) >= 11 is 0. The zero-order valence-electron chi connectivity index (χ0n) is 17.5. The topological polar surface area (TPSA) is 83.8 Å². The van der Waals surface area contributed by atoms with E-state index in [1.807, 2.05) is 18.2 Å². The van der Waals surface area contributed by atoms with Crippen LogP contribution in [0.3, 0.4) is 0 Å². The molecule has 1 aromatic carbocycles. The van der Waals surface area contributed by atoms with Crippen molar-refractivity contribution >= 4 is 11.8 Å². The summed E-state index contributed by atoms with van der Waals surface area (Å²) in [6, 6.07) is 8.05. The number of benzene rings is 1. The Morgan fingerprint density at radius 2 is 2.00 bits per heavy atom. The number of esters is 1. The molecule has 29 heavy (non-hydrogen) atoms. The van der Waals surface area contributed by atoms with Gasteiger partial charge in [0.05, 0.1) is 19.3 Å². The number of unbranched alkanes of at least 4 members (excludes halogenated alkanes) is 2. The van der Waals surface area contributed by atoms with Gasteiger partial charge < -0.3 is 14.9 Å². The lowest BCUT2D eigenvalue weighted by molar-refractivity contribution is -0.140. The number of aliphatic hydroxyl groups excluding tert-OH is 2. The monoisotopic (exact) mass is 402 g/mol. The molecule has 0 aliphatic heterocycles. The summed E-state index contributed by atoms with van der Waals surface area (Å²) in [4.78, 5) is 23.9. The molecule has 0 saturated heterocycles. The SMILES string of the molecule is CCCCCC(O)C(O)C1C2CC(=O)C(Cc3cccc(CCC(=O)OC)c3)C21. The van der Waals surface area contributed by atoms with Crippen LogP contribution >= 0.6 is 0 Å². The number of Topliss-reactive ketones (excluding diaryl/α,β-unsaturated/α-hetero) is 1. The van der Waals surface area contributed by atoms with Gasteiger partial charge in [-0.05, 0) is 48.1 Å². The van der Waals surface area contributed by atoms with Crippen LogP contribution in [0.2, 0.25) is 0 Å². The van der Waals surface area contributed by atoms with Crippen molar-refractivity contribution in [1.82, 2.24) is 0 Å². The first kappa shape index (κ1) is 22.0. The van der Waals surface area contributed by atoms with E-state index < -0.39 is 12.2 Å². The van der Waals surface area contributed by atoms with Crippen LogP contribution in [0.5, 0.6) is 0 Å². The van der Waals surface area contributed by atoms with Crippen molar-refractivity contribution in [1.29, 1.82) is 0 Å². The van der Waals surface area contributed by atoms with E-state index in [4.69, 9.17) is 4.74 Å². The van der Waals surface area contributed by atoms with Gasteiger partial charge in [0.1, 0.15) is 5.78 Å². The fourth-order valence-corrected chi connectivity index (χ4v) is 5.14. The first-order valence-corrected chi connectivity index (χ1v) is 11.0. The van der Waals surface area contributed by atoms with E-state index in [1.165, 1.54) is 7.11 Å². The average molecular weight is 403 g/mol. The third-order valence-electron chi connectivity index (χ3n) is 6.79. The van der Waals surface area contributed by atoms with Crippen LogP contribution in [-0.4, -0.2) is 41.3 Å². The van der Waals surface area contributed by atoms with Crippen molar-refractivity contribution in [3.05, 3.63) is 35.4 Å². The number of carbonyl (C=O) groups is 2. The maximum absolute atomic E-state index is 12.5. The first-order chi connectivity index (χ1) is 14.0. The minimum atomic E-state index is -0.719. The predicted octanol–water partition coefficient (Wildman–Crippen LogP) is 3.09. The molecule has 3 rings (SSSR count). The second-order valence-corrected chi connectivity index (χ2v) is 8.75. The van der Waals surface area contributed by atoms with Gasteiger partial charge in [-0.1, -0.05) is 50.5 Å². The lowest BCUT2D eigenvalue weighted by Crippen LogP contribution is -2.32. The molecule has 2 fully saturated rings. The van der Waals surface area contributed by atoms with Crippen molar-refractivity contribution in [2.75, 3.05) is 7.11 Å². The third-order valence-corrected chi connectivity index (χ3v) is 6.79. The normalized spacial score (nSPS) is 27.4. The number of carbonyl (C=O) groups excluding carboxylic acids is 2. The smallest absolute Gasteiger partial charge is 0.305 e. The van der Waals surface area contributed by atoms with E-state index in [0.29, 0.717) is 32.1 Å². The number of hydrogen-bond acceptors (Lipinski definition) is 5. The lowest BCUT2D eigenvalue weighted by Gasteiger charge is -2.21. The van der Waals surface area contributed by atoms with Gasteiger partial charge in [0.2, 0.25) is 0 Å². The number of ether oxygens (including phenoxy) is 1. The van der Waals surface area contributed by atoms with Gasteiger partial charge in [-0.25, -0.2) is 0 Å². The van der Waals surface area contributed by atoms with Crippen LogP contribution in [0.4, 0.5) is 0 Å². The molecule has 0 aromatic heterocycles. The van der Waals surface area contributed by atoms with Crippen LogP contribution in [-0.2, 0) is 27.2 Å². The second kappa shape index (κ2) is 9.86. The van der Waals surface area contributed by atoms with Crippen LogP contribution < -0.4 is 0 Å². The molecule has 0 heterocycles. The maximum atomic E-state index is 12.5. The number of aryl methyl sites for hydroxylation is 1. The summed E-state index contributed by atoms with van der Waals surface area (Å²) in [6.45, 7) is 2.12. The Bertz CT molecular complexity index is 715. The highest BCUT2D eigenvalue weighted by Crippen LogP contribution is 2.61. The minimum absolute atomic E-state index is 0.0526. The van der Waals surface area contributed by atoms with Crippen molar-refractivity contribution < 1.29 is 24.5 Å². The van der Waals surface area contributed by atoms with Gasteiger partial charge >= 0.3 is 5.97 Å². The summed E-state index contributed by atoms with van der Waals surface area (Å²) in [5.41, 5.74) is 2.16. The standard InChI is InChI=1S/C24H34O5/c1-3-4-5-9-19(25)24(28)23-18-14-20(26)17(22(18)23)13-16-8-6-7-15(12-16)10-11-21(27)29-2/h6-8,12,17-19,22-25,28H,3-5,9-11,13-14H2,1-2H3. The fraction of sp³-hybridized carbons (Fsp3) is 0.667. The number of aliphatic hydroxyl groups is 2. The largest absolute Gasteiger partial charge is 0.469 e. The van der Waals surface area contributed by atoms with Gasteiger partial charge in [0, 0.05) is 18.8 Å². The Morgan fingerprint density at radius 3 is 2.72 bits per heavy atom. The molecule has 2 saturated carbocycles. The summed E-state index contributed by atoms with van der Waals surface area (Å²) in [5.74, 6) is 0.457. The average Bonchev–Trinajstić information content (AvgIpc) is 3.33. The summed E-state index contributed by atoms with van der Waals surface area (Å²) in [6.07, 6.45) is 4.47. The van der Waals surface area contributed by atoms with Crippen LogP contribution in [0, 0.1) is 23.7 Å². The quantitative estimate of drug-likeness (QED) is 0.439. The number of fused-ring (bicyclic) bond motifs is 1. The van der Waals surface area contributed by atoms with E-state index in [2.05, 4.69) is 13.0 Å². The van der Waals surface area contributed by atoms with E-state index in [0.717, 1.165) is 30.4 Å². The number of hydrogen-bond donors (Lipinski definition) is 2. The van der Waals surface area contributed by atoms with E-state index >= 15 is 0 Å². The highest BCUT2D eigenvalue weighted by Gasteiger charge is 2.64. The van der Waals surface area contributed by atoms with E-state index in [-0.39, 0.29) is 35.4 Å². The maximum Gasteiger partial charge on any atom is 0.305 e. The number of rotatable bonds is 11. The van der Waals surface area contributed by atoms with Gasteiger partial charge in [0.25, 0.3) is 0 Å². The van der Waals surface area contributed by atoms with Gasteiger partial charge in [-0.15, -0.1) is 0 Å². The van der Waals surface area contributed by atoms with Crippen molar-refractivity contribution in [3.8, 4) is 0 Å². The molecule has 2 aliphatic carbocycles. The molecule has 0 amide bonds. The molecule has 6 atom stereocenters. The zero-order valence-corrected chi connectivity index (χ0v) is 17.5. The van der Waals surface area contributed by atoms with E-state index in [1.54, 1.807) is 0 Å². The van der Waals surface area contributed by atoms with Crippen molar-refractivity contribution in [3.63, 3.8) is 0 Å². The second-order valence-electron chi connectivity index (χ2n) is 8.75. The molecule has 160 valence electrons. The molecule has 0 spiro atoms. The Kier molecular flexibility index (Phi) is 7.47. The number of ketones is 1. The van der Waals surface area contributed by atoms with Gasteiger partial charge in [-0.3, -0.25) is 9.59 Å². The lowest BCUT2D eigenvalue weighted by atomic mass is 9.88. The molecular formula is C24H34O5. The van der Waals surface area contributed by atoms with Crippen LogP contribution in [0.25, 0.3) is 0 Å². The third kappa shape index (κ3) is 5.26. The number of methoxy groups -OCH3 is 1. The minimum Gasteiger partial charge on any atom is -0.469 e. The molecule has 0 bridgehead atoms. The zero-order chi connectivity index (χ0) is 21.0. The molecule has 2 aliphatic rings. The molecule has 2 N–H and O–H groups in total. The fourth-order valence-electron chi connectivity index (χ4n) is 5.14. The molecular weight excluding hydrogens is 368 g/mol. The molecule has 5 heteroatoms. The van der Waals surface area contributed by atoms with E-state index in [9.17, 15) is 19.8 Å². The van der Waals surface area contributed by atoms with Crippen LogP contribution in [0.1, 0.15) is 56.6 Å². The Labute approximate surface area is 173 Å². The summed E-state index contributed by atoms with van der Waals surface area (Å²) < 4.78 is 4.70. The molecule has 1 aromatic rings. The Hall–Kier alpha value is -1.72. The molecule has 0 radical (unpaired) electrons. The molecule has 5 nitrogen and oxygen atoms in total. The summed E-state index contributed by atoms with van der Waals surface area (Å²) in [7, 11) is 1.39. The molecule has 6 unspecified atom stereocenters. The first-order valence-electron chi connectivity index (χ1n) is 11.0. The Morgan fingerprint density at radius 1 is 1.24 bits per heavy atom. The Balaban J connectivity index is 1.57. The van der Waals surface area contributed by atoms with Gasteiger partial charge in [-0.2, -0.15) is 0 Å². The predicted molar refractivity (Wildman–Crippen MR) is 110 cm³/mol. The van der Waals surface area contributed by atoms with Gasteiger partial charge in [0.15, 0.2) is 0 Å². The highest BCUT2D eigenvalue weighted by molar-refractivity contribution is 5.86. The highest BCUT2D eigenvalue weighted by atomic mass is 16.5.